The first-order valence-electron chi connectivity index (χ1n) is 8.31. The van der Waals surface area contributed by atoms with Gasteiger partial charge in [-0.15, -0.1) is 0 Å². The third kappa shape index (κ3) is 3.79. The Hall–Kier alpha value is -3.77. The van der Waals surface area contributed by atoms with E-state index in [1.807, 2.05) is 0 Å². The van der Waals surface area contributed by atoms with Crippen molar-refractivity contribution in [2.45, 2.75) is 4.90 Å². The lowest BCUT2D eigenvalue weighted by Crippen LogP contribution is -2.14. The predicted molar refractivity (Wildman–Crippen MR) is 103 cm³/mol. The molecule has 0 aliphatic carbocycles. The van der Waals surface area contributed by atoms with Crippen molar-refractivity contribution < 1.29 is 17.2 Å². The van der Waals surface area contributed by atoms with Gasteiger partial charge in [0.05, 0.1) is 22.3 Å². The third-order valence-corrected chi connectivity index (χ3v) is 5.39. The molecule has 0 amide bonds. The maximum Gasteiger partial charge on any atom is 0.261 e. The van der Waals surface area contributed by atoms with Crippen molar-refractivity contribution in [1.29, 1.82) is 0 Å². The summed E-state index contributed by atoms with van der Waals surface area (Å²) >= 11 is 0. The van der Waals surface area contributed by atoms with E-state index in [1.165, 1.54) is 30.5 Å². The molecule has 29 heavy (non-hydrogen) atoms. The van der Waals surface area contributed by atoms with E-state index in [1.54, 1.807) is 18.3 Å². The number of H-pyrrole nitrogens is 1. The van der Waals surface area contributed by atoms with Crippen LogP contribution in [0.3, 0.4) is 0 Å². The van der Waals surface area contributed by atoms with Gasteiger partial charge in [0.25, 0.3) is 10.0 Å². The van der Waals surface area contributed by atoms with Gasteiger partial charge in [0.2, 0.25) is 0 Å². The molecule has 0 saturated carbocycles. The van der Waals surface area contributed by atoms with Crippen LogP contribution in [0.4, 0.5) is 14.5 Å². The van der Waals surface area contributed by atoms with Crippen LogP contribution in [-0.2, 0) is 10.0 Å². The summed E-state index contributed by atoms with van der Waals surface area (Å²) in [6.45, 7) is 0. The summed E-state index contributed by atoms with van der Waals surface area (Å²) in [4.78, 5) is 4.05. The van der Waals surface area contributed by atoms with Gasteiger partial charge in [-0.3, -0.25) is 9.82 Å². The number of nitrogens with one attached hydrogen (secondary N) is 2. The summed E-state index contributed by atoms with van der Waals surface area (Å²) in [5.74, 6) is 3.04. The van der Waals surface area contributed by atoms with Gasteiger partial charge in [0.15, 0.2) is 11.5 Å². The monoisotopic (exact) mass is 410 g/mol. The first-order valence-corrected chi connectivity index (χ1v) is 9.79. The Kier molecular flexibility index (Phi) is 4.70. The number of rotatable bonds is 3. The highest BCUT2D eigenvalue weighted by Gasteiger charge is 2.19. The molecule has 0 bridgehead atoms. The fourth-order valence-corrected chi connectivity index (χ4v) is 3.67. The summed E-state index contributed by atoms with van der Waals surface area (Å²) in [6.07, 6.45) is 2.99. The second kappa shape index (κ2) is 7.33. The van der Waals surface area contributed by atoms with Gasteiger partial charge in [0, 0.05) is 17.1 Å². The zero-order chi connectivity index (χ0) is 20.4. The second-order valence-corrected chi connectivity index (χ2v) is 7.67. The lowest BCUT2D eigenvalue weighted by molar-refractivity contribution is 0.578. The van der Waals surface area contributed by atoms with Crippen molar-refractivity contribution in [3.8, 4) is 11.8 Å². The number of hydrogen-bond acceptors (Lipinski definition) is 4. The maximum atomic E-state index is 14.8. The lowest BCUT2D eigenvalue weighted by atomic mass is 10.1. The van der Waals surface area contributed by atoms with Gasteiger partial charge in [-0.25, -0.2) is 22.2 Å². The van der Waals surface area contributed by atoms with Crippen LogP contribution in [0.2, 0.25) is 0 Å². The van der Waals surface area contributed by atoms with Crippen LogP contribution in [0, 0.1) is 23.5 Å². The van der Waals surface area contributed by atoms with E-state index in [-0.39, 0.29) is 4.90 Å². The molecule has 4 rings (SSSR count). The Balaban J connectivity index is 1.69. The summed E-state index contributed by atoms with van der Waals surface area (Å²) in [5, 5.41) is 7.22. The molecule has 4 aromatic rings. The zero-order valence-electron chi connectivity index (χ0n) is 14.6. The molecule has 2 heterocycles. The molecule has 0 fully saturated rings. The Morgan fingerprint density at radius 2 is 1.79 bits per heavy atom. The summed E-state index contributed by atoms with van der Waals surface area (Å²) in [7, 11) is -4.03. The molecular formula is C20H12F2N4O2S. The second-order valence-electron chi connectivity index (χ2n) is 5.98. The summed E-state index contributed by atoms with van der Waals surface area (Å²) in [6, 6.07) is 11.1. The summed E-state index contributed by atoms with van der Waals surface area (Å²) in [5.41, 5.74) is 0.0340. The molecule has 2 N–H and O–H groups in total. The van der Waals surface area contributed by atoms with Crippen molar-refractivity contribution in [2.75, 3.05) is 4.72 Å². The average Bonchev–Trinajstić information content (AvgIpc) is 3.18. The van der Waals surface area contributed by atoms with E-state index >= 15 is 0 Å². The first kappa shape index (κ1) is 18.6. The van der Waals surface area contributed by atoms with Crippen molar-refractivity contribution in [3.63, 3.8) is 0 Å². The van der Waals surface area contributed by atoms with Crippen molar-refractivity contribution >= 4 is 26.7 Å². The fourth-order valence-electron chi connectivity index (χ4n) is 2.59. The average molecular weight is 410 g/mol. The number of hydrogen-bond donors (Lipinski definition) is 2. The van der Waals surface area contributed by atoms with Crippen LogP contribution in [0.15, 0.2) is 65.8 Å². The lowest BCUT2D eigenvalue weighted by Gasteiger charge is -2.10. The third-order valence-electron chi connectivity index (χ3n) is 4.01. The highest BCUT2D eigenvalue weighted by molar-refractivity contribution is 7.92. The van der Waals surface area contributed by atoms with E-state index in [2.05, 4.69) is 31.7 Å². The topological polar surface area (TPSA) is 87.7 Å². The molecular weight excluding hydrogens is 398 g/mol. The van der Waals surface area contributed by atoms with E-state index in [0.29, 0.717) is 16.6 Å². The van der Waals surface area contributed by atoms with Crippen LogP contribution >= 0.6 is 0 Å². The number of benzene rings is 2. The van der Waals surface area contributed by atoms with Gasteiger partial charge < -0.3 is 0 Å². The van der Waals surface area contributed by atoms with Gasteiger partial charge in [-0.2, -0.15) is 5.10 Å². The molecule has 0 spiro atoms. The van der Waals surface area contributed by atoms with Crippen LogP contribution in [-0.4, -0.2) is 23.6 Å². The number of fused-ring (bicyclic) bond motifs is 1. The molecule has 144 valence electrons. The highest BCUT2D eigenvalue weighted by atomic mass is 32.2. The quantitative estimate of drug-likeness (QED) is 0.507. The van der Waals surface area contributed by atoms with Gasteiger partial charge in [-0.1, -0.05) is 30.0 Å². The smallest absolute Gasteiger partial charge is 0.261 e. The number of sulfonamides is 1. The SMILES string of the molecule is O=S(=O)(Nc1ccc(F)c(C#Cc2cnc3[nH]ncc3c2)c1F)c1ccccc1. The van der Waals surface area contributed by atoms with Crippen molar-refractivity contribution in [3.05, 3.63) is 83.7 Å². The van der Waals surface area contributed by atoms with Gasteiger partial charge in [-0.05, 0) is 30.3 Å². The van der Waals surface area contributed by atoms with Crippen molar-refractivity contribution in [1.82, 2.24) is 15.2 Å². The molecule has 6 nitrogen and oxygen atoms in total. The number of halogens is 2. The number of aromatic amines is 1. The molecule has 2 aromatic heterocycles. The Morgan fingerprint density at radius 1 is 1.00 bits per heavy atom. The van der Waals surface area contributed by atoms with E-state index in [4.69, 9.17) is 0 Å². The molecule has 0 atom stereocenters. The maximum absolute atomic E-state index is 14.8. The molecule has 0 unspecified atom stereocenters. The normalized spacial score (nSPS) is 11.1. The molecule has 9 heteroatoms. The van der Waals surface area contributed by atoms with E-state index in [9.17, 15) is 17.2 Å². The largest absolute Gasteiger partial charge is 0.277 e. The van der Waals surface area contributed by atoms with Crippen LogP contribution in [0.25, 0.3) is 11.0 Å². The Labute approximate surface area is 164 Å². The zero-order valence-corrected chi connectivity index (χ0v) is 15.5. The van der Waals surface area contributed by atoms with Crippen LogP contribution < -0.4 is 4.72 Å². The minimum atomic E-state index is -4.03. The highest BCUT2D eigenvalue weighted by Crippen LogP contribution is 2.23. The molecule has 0 aliphatic heterocycles. The predicted octanol–water partition coefficient (Wildman–Crippen LogP) is 3.44. The van der Waals surface area contributed by atoms with Gasteiger partial charge in [0.1, 0.15) is 5.82 Å². The number of aromatic nitrogens is 3. The van der Waals surface area contributed by atoms with Crippen LogP contribution in [0.5, 0.6) is 0 Å². The minimum absolute atomic E-state index is 0.0455. The number of anilines is 1. The molecule has 0 radical (unpaired) electrons. The van der Waals surface area contributed by atoms with Crippen LogP contribution in [0.1, 0.15) is 11.1 Å². The molecule has 0 aliphatic rings. The minimum Gasteiger partial charge on any atom is -0.277 e. The summed E-state index contributed by atoms with van der Waals surface area (Å²) < 4.78 is 55.9. The van der Waals surface area contributed by atoms with E-state index in [0.717, 1.165) is 12.1 Å². The standard InChI is InChI=1S/C20H12F2N4O2S/c21-17-8-9-18(26-29(27,28)15-4-2-1-3-5-15)19(22)16(17)7-6-13-10-14-12-24-25-20(14)23-11-13/h1-5,8-12,26H,(H,23,24,25). The molecule has 0 saturated heterocycles. The Morgan fingerprint density at radius 3 is 2.59 bits per heavy atom. The molecule has 2 aromatic carbocycles. The fraction of sp³-hybridized carbons (Fsp3) is 0. The number of nitrogens with zero attached hydrogens (tertiary/aromatic N) is 2. The number of pyridine rings is 1. The van der Waals surface area contributed by atoms with Gasteiger partial charge >= 0.3 is 0 Å². The van der Waals surface area contributed by atoms with Crippen molar-refractivity contribution in [2.24, 2.45) is 0 Å². The van der Waals surface area contributed by atoms with E-state index < -0.39 is 32.9 Å². The Bertz CT molecular complexity index is 1370. The first-order chi connectivity index (χ1) is 13.9.